The Kier molecular flexibility index (Phi) is 12.8. The molecule has 49 heavy (non-hydrogen) atoms. The van der Waals surface area contributed by atoms with Crippen LogP contribution in [-0.2, 0) is 28.6 Å². The number of sulfonamides is 1. The molecule has 0 aromatic heterocycles. The van der Waals surface area contributed by atoms with E-state index in [1.807, 2.05) is 0 Å². The third-order valence-corrected chi connectivity index (χ3v) is 9.46. The van der Waals surface area contributed by atoms with Gasteiger partial charge in [-0.15, -0.1) is 0 Å². The van der Waals surface area contributed by atoms with Crippen molar-refractivity contribution in [2.75, 3.05) is 32.5 Å². The first-order chi connectivity index (χ1) is 26.0. The molecule has 0 saturated heterocycles. The van der Waals surface area contributed by atoms with Gasteiger partial charge in [0.15, 0.2) is 0 Å². The molecule has 2 unspecified atom stereocenters. The zero-order chi connectivity index (χ0) is 42.1. The van der Waals surface area contributed by atoms with Gasteiger partial charge in [-0.3, -0.25) is 9.36 Å². The molecule has 3 aromatic carbocycles. The third kappa shape index (κ3) is 13.5. The number of hydrogen-bond acceptors (Lipinski definition) is 9. The van der Waals surface area contributed by atoms with Crippen LogP contribution in [0.5, 0.6) is 0 Å². The summed E-state index contributed by atoms with van der Waals surface area (Å²) in [4.78, 5) is 46.7. The molecule has 3 rings (SSSR count). The maximum atomic E-state index is 14.2. The summed E-state index contributed by atoms with van der Waals surface area (Å²) in [5.41, 5.74) is 7.17. The van der Waals surface area contributed by atoms with Gasteiger partial charge in [-0.2, -0.15) is 4.31 Å². The number of phosphoric ester groups is 1. The van der Waals surface area contributed by atoms with Crippen LogP contribution >= 0.6 is 7.82 Å². The van der Waals surface area contributed by atoms with E-state index in [4.69, 9.17) is 21.4 Å². The topological polar surface area (TPSA) is 200 Å². The second-order valence-electron chi connectivity index (χ2n) is 10.6. The van der Waals surface area contributed by atoms with E-state index < -0.39 is 91.9 Å². The fourth-order valence-electron chi connectivity index (χ4n) is 4.93. The van der Waals surface area contributed by atoms with Crippen LogP contribution in [0.4, 0.5) is 10.5 Å². The average Bonchev–Trinajstić information content (AvgIpc) is 3.12. The SMILES string of the molecule is [2H]C(N([C@@H](CCCCNC(=O)[C@@H](NC(=O)OC)C(c1ccccc1)c1ccccc1)COP(=O)([O-])O)S(=O)(=O)c1ccc(N)cc1)C([2H])(C([2H])([2H])[2H])C([2H])([2H])[2H].[Na+]. The zero-order valence-corrected chi connectivity index (χ0v) is 30.7. The van der Waals surface area contributed by atoms with Gasteiger partial charge in [0.2, 0.25) is 15.9 Å². The Morgan fingerprint density at radius 2 is 1.61 bits per heavy atom. The fourth-order valence-corrected chi connectivity index (χ4v) is 6.82. The average molecular weight is 735 g/mol. The molecule has 4 atom stereocenters. The molecule has 16 heteroatoms. The largest absolute Gasteiger partial charge is 1.00 e. The van der Waals surface area contributed by atoms with Crippen molar-refractivity contribution in [3.63, 3.8) is 0 Å². The first-order valence-electron chi connectivity index (χ1n) is 18.7. The number of nitrogens with zero attached hydrogens (tertiary/aromatic N) is 1. The number of ether oxygens (including phenoxy) is 1. The summed E-state index contributed by atoms with van der Waals surface area (Å²) >= 11 is 0. The number of methoxy groups -OCH3 is 1. The molecular formula is C33H44N4NaO9PS. The number of carbonyl (C=O) groups is 2. The minimum Gasteiger partial charge on any atom is -0.756 e. The van der Waals surface area contributed by atoms with Crippen LogP contribution in [-0.4, -0.2) is 68.5 Å². The Bertz CT molecular complexity index is 1860. The van der Waals surface area contributed by atoms with Crippen molar-refractivity contribution in [2.45, 2.75) is 55.9 Å². The molecular weight excluding hydrogens is 682 g/mol. The molecule has 0 aliphatic rings. The number of unbranched alkanes of at least 4 members (excludes halogenated alkanes) is 1. The van der Waals surface area contributed by atoms with Crippen molar-refractivity contribution in [3.8, 4) is 0 Å². The van der Waals surface area contributed by atoms with E-state index in [2.05, 4.69) is 15.2 Å². The Hall–Kier alpha value is -2.78. The standard InChI is InChI=1S/C33H45N4O9PS.Na/c1-24(2)22-37(48(43,44)29-19-17-27(34)18-20-29)28(23-46-47(40,41)42)16-10-11-21-35-32(38)31(36-33(39)45-3)30(25-12-6-4-7-13-25)26-14-8-5-9-15-26;/h4-9,12-15,17-20,24,28,30-31H,10-11,16,21-23,34H2,1-3H3,(H,35,38)(H,36,39)(H2,40,41,42);/q;+1/p-1/t28-,31-;/m0./s1/i1D3,2D3,22D,24D;/t22?,28-,31-;. The molecule has 3 aromatic rings. The van der Waals surface area contributed by atoms with E-state index in [0.29, 0.717) is 11.1 Å². The fraction of sp³-hybridized carbons (Fsp3) is 0.394. The molecule has 0 spiro atoms. The van der Waals surface area contributed by atoms with E-state index in [9.17, 15) is 32.4 Å². The Morgan fingerprint density at radius 3 is 2.12 bits per heavy atom. The first-order valence-corrected chi connectivity index (χ1v) is 17.6. The minimum absolute atomic E-state index is 0. The molecule has 0 aliphatic carbocycles. The van der Waals surface area contributed by atoms with E-state index >= 15 is 0 Å². The quantitative estimate of drug-likeness (QED) is 0.0621. The predicted molar refractivity (Wildman–Crippen MR) is 180 cm³/mol. The maximum absolute atomic E-state index is 14.2. The smallest absolute Gasteiger partial charge is 0.756 e. The molecule has 262 valence electrons. The minimum atomic E-state index is -5.59. The van der Waals surface area contributed by atoms with E-state index in [0.717, 1.165) is 31.4 Å². The van der Waals surface area contributed by atoms with Gasteiger partial charge >= 0.3 is 35.7 Å². The molecule has 5 N–H and O–H groups in total. The number of nitrogen functional groups attached to an aromatic ring is 1. The second-order valence-corrected chi connectivity index (χ2v) is 13.6. The molecule has 2 amide bonds. The van der Waals surface area contributed by atoms with Crippen molar-refractivity contribution in [1.82, 2.24) is 14.9 Å². The van der Waals surface area contributed by atoms with Crippen LogP contribution in [0.2, 0.25) is 0 Å². The Labute approximate surface area is 321 Å². The number of nitrogens with one attached hydrogen (secondary N) is 2. The van der Waals surface area contributed by atoms with Crippen LogP contribution in [0.1, 0.15) is 61.0 Å². The van der Waals surface area contributed by atoms with E-state index in [1.54, 1.807) is 60.7 Å². The van der Waals surface area contributed by atoms with Gasteiger partial charge in [-0.05, 0) is 54.1 Å². The molecule has 0 saturated carbocycles. The Balaban J connectivity index is 0.0000112. The summed E-state index contributed by atoms with van der Waals surface area (Å²) in [6, 6.07) is 18.9. The summed E-state index contributed by atoms with van der Waals surface area (Å²) in [7, 11) is -9.60. The van der Waals surface area contributed by atoms with Gasteiger partial charge in [0, 0.05) is 41.7 Å². The zero-order valence-electron chi connectivity index (χ0n) is 35.0. The monoisotopic (exact) mass is 734 g/mol. The number of anilines is 1. The first kappa shape index (κ1) is 31.0. The van der Waals surface area contributed by atoms with Gasteiger partial charge in [0.1, 0.15) is 6.04 Å². The number of carbonyl (C=O) groups excluding carboxylic acids is 2. The summed E-state index contributed by atoms with van der Waals surface area (Å²) in [5.74, 6) is -5.13. The van der Waals surface area contributed by atoms with Crippen molar-refractivity contribution >= 4 is 35.5 Å². The summed E-state index contributed by atoms with van der Waals surface area (Å²) in [6.45, 7) is -11.8. The number of alkyl carbamates (subject to hydrolysis) is 1. The number of hydrogen-bond donors (Lipinski definition) is 4. The van der Waals surface area contributed by atoms with Crippen molar-refractivity contribution in [3.05, 3.63) is 96.1 Å². The van der Waals surface area contributed by atoms with Crippen LogP contribution in [0.3, 0.4) is 0 Å². The van der Waals surface area contributed by atoms with E-state index in [-0.39, 0.29) is 58.9 Å². The normalized spacial score (nSPS) is 17.8. The second kappa shape index (κ2) is 20.2. The maximum Gasteiger partial charge on any atom is 1.00 e. The number of nitrogens with two attached hydrogens (primary N) is 1. The number of amides is 2. The molecule has 0 fully saturated rings. The van der Waals surface area contributed by atoms with Crippen molar-refractivity contribution in [2.24, 2.45) is 5.89 Å². The molecule has 0 heterocycles. The summed E-state index contributed by atoms with van der Waals surface area (Å²) in [6.07, 6.45) is -1.44. The number of phosphoric acid groups is 1. The van der Waals surface area contributed by atoms with Gasteiger partial charge in [0.25, 0.3) is 7.82 Å². The van der Waals surface area contributed by atoms with E-state index in [1.165, 1.54) is 0 Å². The third-order valence-electron chi connectivity index (χ3n) is 7.16. The van der Waals surface area contributed by atoms with Gasteiger partial charge < -0.3 is 35.4 Å². The van der Waals surface area contributed by atoms with Crippen LogP contribution < -0.4 is 50.8 Å². The predicted octanol–water partition coefficient (Wildman–Crippen LogP) is 0.609. The molecule has 0 aliphatic heterocycles. The van der Waals surface area contributed by atoms with Gasteiger partial charge in [-0.1, -0.05) is 80.8 Å². The Morgan fingerprint density at radius 1 is 1.04 bits per heavy atom. The number of benzene rings is 3. The molecule has 0 radical (unpaired) electrons. The molecule has 0 bridgehead atoms. The number of rotatable bonds is 18. The summed E-state index contributed by atoms with van der Waals surface area (Å²) in [5, 5.41) is 5.28. The summed E-state index contributed by atoms with van der Waals surface area (Å²) < 4.78 is 114. The van der Waals surface area contributed by atoms with Crippen molar-refractivity contribution < 1.29 is 82.1 Å². The van der Waals surface area contributed by atoms with Crippen molar-refractivity contribution in [1.29, 1.82) is 0 Å². The van der Waals surface area contributed by atoms with Crippen LogP contribution in [0.15, 0.2) is 89.8 Å². The van der Waals surface area contributed by atoms with Crippen LogP contribution in [0.25, 0.3) is 0 Å². The molecule has 13 nitrogen and oxygen atoms in total. The van der Waals surface area contributed by atoms with Gasteiger partial charge in [0.05, 0.1) is 18.6 Å². The van der Waals surface area contributed by atoms with Gasteiger partial charge in [-0.25, -0.2) is 13.2 Å². The van der Waals surface area contributed by atoms with Crippen LogP contribution in [0, 0.1) is 5.89 Å².